The Bertz CT molecular complexity index is 533. The van der Waals surface area contributed by atoms with Gasteiger partial charge in [0.25, 0.3) is 5.91 Å². The molecule has 1 aromatic rings. The fourth-order valence-electron chi connectivity index (χ4n) is 2.74. The highest BCUT2D eigenvalue weighted by atomic mass is 16.4. The smallest absolute Gasteiger partial charge is 0.338 e. The van der Waals surface area contributed by atoms with E-state index in [0.717, 1.165) is 25.9 Å². The first-order valence-electron chi connectivity index (χ1n) is 7.22. The normalized spacial score (nSPS) is 20.1. The third kappa shape index (κ3) is 3.39. The first-order chi connectivity index (χ1) is 10.0. The fraction of sp³-hybridized carbons (Fsp3) is 0.533. The number of carbonyl (C=O) groups is 2. The van der Waals surface area contributed by atoms with Crippen molar-refractivity contribution in [3.05, 3.63) is 29.6 Å². The zero-order valence-electron chi connectivity index (χ0n) is 12.5. The second-order valence-corrected chi connectivity index (χ2v) is 5.38. The van der Waals surface area contributed by atoms with E-state index in [1.807, 2.05) is 14.0 Å². The number of aromatic carboxylic acids is 1. The standard InChI is InChI=1S/C15H21N3O3/c1-3-11-10-17(2)8-5-9-18(11)14(19)13-12(15(20)21)6-4-7-16-13/h4,6-7,11H,3,5,8-10H2,1-2H3,(H,20,21). The van der Waals surface area contributed by atoms with Gasteiger partial charge < -0.3 is 14.9 Å². The molecule has 1 amide bonds. The fourth-order valence-corrected chi connectivity index (χ4v) is 2.74. The second kappa shape index (κ2) is 6.67. The Labute approximate surface area is 124 Å². The summed E-state index contributed by atoms with van der Waals surface area (Å²) in [6, 6.07) is 3.05. The number of pyridine rings is 1. The maximum atomic E-state index is 12.7. The molecule has 1 aliphatic rings. The highest BCUT2D eigenvalue weighted by Gasteiger charge is 2.29. The molecule has 6 heteroatoms. The van der Waals surface area contributed by atoms with Gasteiger partial charge in [0, 0.05) is 25.3 Å². The summed E-state index contributed by atoms with van der Waals surface area (Å²) in [6.07, 6.45) is 3.18. The minimum Gasteiger partial charge on any atom is -0.478 e. The molecule has 1 aromatic heterocycles. The number of rotatable bonds is 3. The summed E-state index contributed by atoms with van der Waals surface area (Å²) in [5, 5.41) is 9.21. The van der Waals surface area contributed by atoms with Crippen LogP contribution < -0.4 is 0 Å². The number of hydrogen-bond acceptors (Lipinski definition) is 4. The molecule has 1 fully saturated rings. The van der Waals surface area contributed by atoms with Crippen molar-refractivity contribution < 1.29 is 14.7 Å². The van der Waals surface area contributed by atoms with E-state index in [0.29, 0.717) is 6.54 Å². The summed E-state index contributed by atoms with van der Waals surface area (Å²) in [5.41, 5.74) is 0.00274. The summed E-state index contributed by atoms with van der Waals surface area (Å²) in [7, 11) is 2.04. The van der Waals surface area contributed by atoms with Crippen LogP contribution in [0.15, 0.2) is 18.3 Å². The predicted molar refractivity (Wildman–Crippen MR) is 78.4 cm³/mol. The quantitative estimate of drug-likeness (QED) is 0.909. The molecule has 2 rings (SSSR count). The average molecular weight is 291 g/mol. The van der Waals surface area contributed by atoms with Crippen LogP contribution in [0.4, 0.5) is 0 Å². The van der Waals surface area contributed by atoms with Crippen LogP contribution >= 0.6 is 0 Å². The van der Waals surface area contributed by atoms with Crippen molar-refractivity contribution in [2.75, 3.05) is 26.7 Å². The van der Waals surface area contributed by atoms with Gasteiger partial charge in [-0.1, -0.05) is 6.92 Å². The molecule has 0 saturated carbocycles. The Kier molecular flexibility index (Phi) is 4.90. The Hall–Kier alpha value is -1.95. The molecule has 1 atom stereocenters. The molecule has 0 radical (unpaired) electrons. The molecule has 0 aliphatic carbocycles. The van der Waals surface area contributed by atoms with Gasteiger partial charge in [-0.25, -0.2) is 4.79 Å². The van der Waals surface area contributed by atoms with E-state index in [9.17, 15) is 14.7 Å². The second-order valence-electron chi connectivity index (χ2n) is 5.38. The number of carboxylic acids is 1. The number of hydrogen-bond donors (Lipinski definition) is 1. The summed E-state index contributed by atoms with van der Waals surface area (Å²) in [5.74, 6) is -1.40. The van der Waals surface area contributed by atoms with E-state index in [2.05, 4.69) is 9.88 Å². The Morgan fingerprint density at radius 2 is 2.19 bits per heavy atom. The van der Waals surface area contributed by atoms with Crippen LogP contribution in [0.3, 0.4) is 0 Å². The van der Waals surface area contributed by atoms with Crippen molar-refractivity contribution in [2.24, 2.45) is 0 Å². The number of aromatic nitrogens is 1. The largest absolute Gasteiger partial charge is 0.478 e. The Balaban J connectivity index is 2.31. The first kappa shape index (κ1) is 15.4. The highest BCUT2D eigenvalue weighted by Crippen LogP contribution is 2.17. The summed E-state index contributed by atoms with van der Waals surface area (Å²) >= 11 is 0. The molecule has 6 nitrogen and oxygen atoms in total. The molecule has 0 spiro atoms. The van der Waals surface area contributed by atoms with Gasteiger partial charge in [-0.15, -0.1) is 0 Å². The van der Waals surface area contributed by atoms with Crippen molar-refractivity contribution in [1.29, 1.82) is 0 Å². The zero-order chi connectivity index (χ0) is 15.4. The lowest BCUT2D eigenvalue weighted by Gasteiger charge is -2.30. The minimum atomic E-state index is -1.12. The van der Waals surface area contributed by atoms with Gasteiger partial charge in [-0.05, 0) is 38.6 Å². The van der Waals surface area contributed by atoms with Crippen LogP contribution in [0.1, 0.15) is 40.6 Å². The summed E-state index contributed by atoms with van der Waals surface area (Å²) in [6.45, 7) is 4.42. The van der Waals surface area contributed by atoms with Crippen molar-refractivity contribution in [3.63, 3.8) is 0 Å². The van der Waals surface area contributed by atoms with Crippen molar-refractivity contribution >= 4 is 11.9 Å². The van der Waals surface area contributed by atoms with Gasteiger partial charge in [0.2, 0.25) is 0 Å². The van der Waals surface area contributed by atoms with Crippen molar-refractivity contribution in [1.82, 2.24) is 14.8 Å². The third-order valence-electron chi connectivity index (χ3n) is 3.87. The molecular weight excluding hydrogens is 270 g/mol. The van der Waals surface area contributed by atoms with E-state index < -0.39 is 5.97 Å². The van der Waals surface area contributed by atoms with E-state index in [1.165, 1.54) is 18.3 Å². The maximum absolute atomic E-state index is 12.7. The van der Waals surface area contributed by atoms with Gasteiger partial charge in [0.1, 0.15) is 5.69 Å². The minimum absolute atomic E-state index is 0.0324. The number of nitrogens with zero attached hydrogens (tertiary/aromatic N) is 3. The SMILES string of the molecule is CCC1CN(C)CCCN1C(=O)c1ncccc1C(=O)O. The van der Waals surface area contributed by atoms with Gasteiger partial charge in [0.15, 0.2) is 0 Å². The van der Waals surface area contributed by atoms with E-state index in [1.54, 1.807) is 4.90 Å². The van der Waals surface area contributed by atoms with Crippen LogP contribution in [-0.2, 0) is 0 Å². The molecule has 114 valence electrons. The molecule has 21 heavy (non-hydrogen) atoms. The summed E-state index contributed by atoms with van der Waals surface area (Å²) < 4.78 is 0. The lowest BCUT2D eigenvalue weighted by Crippen LogP contribution is -2.44. The molecular formula is C15H21N3O3. The van der Waals surface area contributed by atoms with E-state index >= 15 is 0 Å². The van der Waals surface area contributed by atoms with Crippen LogP contribution in [0.5, 0.6) is 0 Å². The van der Waals surface area contributed by atoms with Crippen LogP contribution in [0, 0.1) is 0 Å². The number of carboxylic acid groups (broad SMARTS) is 1. The molecule has 0 aromatic carbocycles. The van der Waals surface area contributed by atoms with Crippen LogP contribution in [-0.4, -0.2) is 64.5 Å². The van der Waals surface area contributed by atoms with Crippen LogP contribution in [0.2, 0.25) is 0 Å². The highest BCUT2D eigenvalue weighted by molar-refractivity contribution is 6.03. The lowest BCUT2D eigenvalue weighted by atomic mass is 10.1. The number of likely N-dealkylation sites (N-methyl/N-ethyl adjacent to an activating group) is 1. The third-order valence-corrected chi connectivity index (χ3v) is 3.87. The number of carbonyl (C=O) groups excluding carboxylic acids is 1. The Morgan fingerprint density at radius 1 is 1.43 bits per heavy atom. The van der Waals surface area contributed by atoms with Crippen LogP contribution in [0.25, 0.3) is 0 Å². The topological polar surface area (TPSA) is 73.7 Å². The van der Waals surface area contributed by atoms with Gasteiger partial charge >= 0.3 is 5.97 Å². The molecule has 1 aliphatic heterocycles. The monoisotopic (exact) mass is 291 g/mol. The predicted octanol–water partition coefficient (Wildman–Crippen LogP) is 1.34. The average Bonchev–Trinajstić information content (AvgIpc) is 2.67. The van der Waals surface area contributed by atoms with Gasteiger partial charge in [-0.2, -0.15) is 0 Å². The molecule has 1 unspecified atom stereocenters. The van der Waals surface area contributed by atoms with E-state index in [4.69, 9.17) is 0 Å². The van der Waals surface area contributed by atoms with Crippen molar-refractivity contribution in [2.45, 2.75) is 25.8 Å². The molecule has 1 saturated heterocycles. The number of amides is 1. The molecule has 2 heterocycles. The first-order valence-corrected chi connectivity index (χ1v) is 7.22. The van der Waals surface area contributed by atoms with Gasteiger partial charge in [0.05, 0.1) is 5.56 Å². The zero-order valence-corrected chi connectivity index (χ0v) is 12.5. The molecule has 1 N–H and O–H groups in total. The van der Waals surface area contributed by atoms with Crippen molar-refractivity contribution in [3.8, 4) is 0 Å². The lowest BCUT2D eigenvalue weighted by molar-refractivity contribution is 0.0636. The Morgan fingerprint density at radius 3 is 2.86 bits per heavy atom. The summed E-state index contributed by atoms with van der Waals surface area (Å²) in [4.78, 5) is 32.0. The van der Waals surface area contributed by atoms with E-state index in [-0.39, 0.29) is 23.2 Å². The molecule has 0 bridgehead atoms. The maximum Gasteiger partial charge on any atom is 0.338 e. The van der Waals surface area contributed by atoms with Gasteiger partial charge in [-0.3, -0.25) is 9.78 Å².